The van der Waals surface area contributed by atoms with Crippen LogP contribution in [-0.4, -0.2) is 23.0 Å². The molecule has 128 valence electrons. The average molecular weight is 363 g/mol. The van der Waals surface area contributed by atoms with Crippen LogP contribution in [-0.2, 0) is 0 Å². The molecular weight excluding hydrogens is 349 g/mol. The quantitative estimate of drug-likeness (QED) is 0.614. The summed E-state index contributed by atoms with van der Waals surface area (Å²) in [6, 6.07) is 7.18. The number of benzene rings is 2. The van der Waals surface area contributed by atoms with Crippen molar-refractivity contribution < 1.29 is 15.3 Å². The zero-order chi connectivity index (χ0) is 18.8. The van der Waals surface area contributed by atoms with E-state index in [1.54, 1.807) is 17.9 Å². The van der Waals surface area contributed by atoms with Gasteiger partial charge in [0.1, 0.15) is 17.4 Å². The van der Waals surface area contributed by atoms with E-state index in [4.69, 9.17) is 23.5 Å². The molecular formula is C16H13ClFN5O2. The number of carbonyl (C=O) groups excluding carboxylic acids is 1. The number of nitrogens with zero attached hydrogens (tertiary/aromatic N) is 2. The molecule has 9 heteroatoms. The van der Waals surface area contributed by atoms with Crippen LogP contribution in [0.1, 0.15) is 10.6 Å². The molecule has 0 aliphatic heterocycles. The third-order valence-corrected chi connectivity index (χ3v) is 3.72. The number of amides is 1. The molecule has 0 bridgehead atoms. The number of nitrogens with two attached hydrogens (primary N) is 2. The fourth-order valence-corrected chi connectivity index (χ4v) is 2.44. The molecule has 0 unspecified atom stereocenters. The number of ether oxygens (including phenoxy) is 1. The molecule has 0 saturated heterocycles. The molecule has 0 radical (unpaired) electrons. The number of rotatable bonds is 4. The molecule has 1 amide bonds. The Morgan fingerprint density at radius 1 is 1.36 bits per heavy atom. The maximum Gasteiger partial charge on any atom is 0.286 e. The first-order chi connectivity index (χ1) is 12.4. The molecule has 0 saturated carbocycles. The van der Waals surface area contributed by atoms with Crippen molar-refractivity contribution in [3.63, 3.8) is 0 Å². The fourth-order valence-electron chi connectivity index (χ4n) is 2.26. The van der Waals surface area contributed by atoms with Gasteiger partial charge in [-0.3, -0.25) is 4.79 Å². The van der Waals surface area contributed by atoms with Crippen LogP contribution in [0.3, 0.4) is 0 Å². The van der Waals surface area contributed by atoms with Crippen LogP contribution in [0.25, 0.3) is 10.9 Å². The number of aromatic nitrogens is 2. The van der Waals surface area contributed by atoms with Crippen LogP contribution in [0.15, 0.2) is 30.3 Å². The van der Waals surface area contributed by atoms with E-state index < -0.39 is 11.7 Å². The standard InChI is InChI=1S/C16H13ClFN5O2/c1-25-13-6-12-8(5-11(13)19)15(23-16(22-12)14(20)24)21-7-2-3-10(18)9(17)4-7/h2-6H,19H2,1H3,(H2,20,24)(H,21,22,23)/i/hD. The molecule has 0 aliphatic carbocycles. The second kappa shape index (κ2) is 6.40. The highest BCUT2D eigenvalue weighted by Crippen LogP contribution is 2.32. The van der Waals surface area contributed by atoms with Crippen LogP contribution in [0.4, 0.5) is 21.6 Å². The number of hydrogen-bond acceptors (Lipinski definition) is 6. The summed E-state index contributed by atoms with van der Waals surface area (Å²) in [5.41, 5.74) is 8.84. The SMILES string of the molecule is [2H]NC(=O)c1nc(Nc2ccc(F)c(Cl)c2)c2cc(N)c(OC)cc2n1. The molecule has 0 atom stereocenters. The highest BCUT2D eigenvalue weighted by atomic mass is 35.5. The topological polar surface area (TPSA) is 116 Å². The normalized spacial score (nSPS) is 11.1. The summed E-state index contributed by atoms with van der Waals surface area (Å²) < 4.78 is 25.5. The van der Waals surface area contributed by atoms with Crippen molar-refractivity contribution in [3.8, 4) is 5.75 Å². The Morgan fingerprint density at radius 2 is 2.16 bits per heavy atom. The van der Waals surface area contributed by atoms with E-state index in [2.05, 4.69) is 15.3 Å². The summed E-state index contributed by atoms with van der Waals surface area (Å²) >= 11 is 5.79. The van der Waals surface area contributed by atoms with Gasteiger partial charge in [-0.2, -0.15) is 0 Å². The Hall–Kier alpha value is -3.13. The number of carbonyl (C=O) groups is 1. The van der Waals surface area contributed by atoms with Gasteiger partial charge >= 0.3 is 0 Å². The van der Waals surface area contributed by atoms with Gasteiger partial charge in [0.25, 0.3) is 5.91 Å². The van der Waals surface area contributed by atoms with Crippen LogP contribution in [0.2, 0.25) is 6.43 Å². The van der Waals surface area contributed by atoms with Crippen molar-refractivity contribution in [2.75, 3.05) is 18.2 Å². The minimum absolute atomic E-state index is 0.0707. The first kappa shape index (κ1) is 15.4. The van der Waals surface area contributed by atoms with Gasteiger partial charge in [0.05, 0.1) is 23.3 Å². The third-order valence-electron chi connectivity index (χ3n) is 3.43. The minimum atomic E-state index is -0.789. The highest BCUT2D eigenvalue weighted by Gasteiger charge is 2.15. The number of fused-ring (bicyclic) bond motifs is 1. The monoisotopic (exact) mass is 362 g/mol. The lowest BCUT2D eigenvalue weighted by molar-refractivity contribution is 0.0991. The lowest BCUT2D eigenvalue weighted by atomic mass is 10.2. The molecule has 5 N–H and O–H groups in total. The number of halogens is 2. The van der Waals surface area contributed by atoms with E-state index >= 15 is 0 Å². The maximum atomic E-state index is 13.4. The predicted octanol–water partition coefficient (Wildman–Crippen LogP) is 2.86. The Bertz CT molecular complexity index is 1020. The number of primary amides is 1. The van der Waals surface area contributed by atoms with Crippen LogP contribution in [0, 0.1) is 5.82 Å². The van der Waals surface area contributed by atoms with Gasteiger partial charge in [-0.25, -0.2) is 14.4 Å². The average Bonchev–Trinajstić information content (AvgIpc) is 2.63. The largest absolute Gasteiger partial charge is 0.495 e. The number of anilines is 3. The number of nitrogen functional groups attached to an aromatic ring is 1. The van der Waals surface area contributed by atoms with E-state index in [1.807, 2.05) is 0 Å². The predicted molar refractivity (Wildman–Crippen MR) is 93.7 cm³/mol. The molecule has 0 spiro atoms. The molecule has 3 aromatic rings. The van der Waals surface area contributed by atoms with E-state index in [0.717, 1.165) is 0 Å². The second-order valence-corrected chi connectivity index (χ2v) is 5.50. The van der Waals surface area contributed by atoms with Crippen LogP contribution in [0.5, 0.6) is 5.75 Å². The van der Waals surface area contributed by atoms with E-state index in [0.29, 0.717) is 28.0 Å². The van der Waals surface area contributed by atoms with Crippen LogP contribution < -0.4 is 21.5 Å². The molecule has 0 fully saturated rings. The first-order valence-electron chi connectivity index (χ1n) is 7.52. The van der Waals surface area contributed by atoms with Crippen molar-refractivity contribution in [2.45, 2.75) is 0 Å². The summed E-state index contributed by atoms with van der Waals surface area (Å²) in [6.45, 7) is 0. The maximum absolute atomic E-state index is 13.4. The summed E-state index contributed by atoms with van der Waals surface area (Å²) in [6.07, 6.45) is 0. The Kier molecular flexibility index (Phi) is 3.95. The lowest BCUT2D eigenvalue weighted by Gasteiger charge is -2.12. The molecule has 0 aliphatic rings. The first-order valence-corrected chi connectivity index (χ1v) is 7.40. The number of hydrogen-bond donors (Lipinski definition) is 3. The van der Waals surface area contributed by atoms with E-state index in [1.165, 1.54) is 25.3 Å². The van der Waals surface area contributed by atoms with Gasteiger partial charge < -0.3 is 21.5 Å². The van der Waals surface area contributed by atoms with Gasteiger partial charge in [0, 0.05) is 17.1 Å². The summed E-state index contributed by atoms with van der Waals surface area (Å²) in [4.78, 5) is 20.1. The van der Waals surface area contributed by atoms with Crippen molar-refractivity contribution in [2.24, 2.45) is 5.73 Å². The van der Waals surface area contributed by atoms with E-state index in [9.17, 15) is 9.18 Å². The van der Waals surface area contributed by atoms with Crippen molar-refractivity contribution in [1.29, 1.82) is 0 Å². The van der Waals surface area contributed by atoms with Gasteiger partial charge in [-0.15, -0.1) is 0 Å². The lowest BCUT2D eigenvalue weighted by Crippen LogP contribution is -2.16. The van der Waals surface area contributed by atoms with Crippen molar-refractivity contribution >= 4 is 45.6 Å². The number of methoxy groups -OCH3 is 1. The molecule has 1 aromatic heterocycles. The molecule has 3 rings (SSSR count). The van der Waals surface area contributed by atoms with Gasteiger partial charge in [0.2, 0.25) is 5.82 Å². The zero-order valence-electron chi connectivity index (χ0n) is 13.9. The summed E-state index contributed by atoms with van der Waals surface area (Å²) in [5, 5.41) is 3.39. The Labute approximate surface area is 148 Å². The van der Waals surface area contributed by atoms with Gasteiger partial charge in [-0.05, 0) is 24.3 Å². The second-order valence-electron chi connectivity index (χ2n) is 5.09. The van der Waals surface area contributed by atoms with Crippen molar-refractivity contribution in [1.82, 2.24) is 9.97 Å². The zero-order valence-corrected chi connectivity index (χ0v) is 13.7. The smallest absolute Gasteiger partial charge is 0.286 e. The Morgan fingerprint density at radius 3 is 2.84 bits per heavy atom. The summed E-state index contributed by atoms with van der Waals surface area (Å²) in [5.74, 6) is -0.958. The third kappa shape index (κ3) is 3.24. The molecule has 1 heterocycles. The minimum Gasteiger partial charge on any atom is -0.495 e. The van der Waals surface area contributed by atoms with E-state index in [-0.39, 0.29) is 16.7 Å². The number of nitrogens with one attached hydrogen (secondary N) is 1. The molecule has 25 heavy (non-hydrogen) atoms. The fraction of sp³-hybridized carbons (Fsp3) is 0.0625. The van der Waals surface area contributed by atoms with Gasteiger partial charge in [-0.1, -0.05) is 11.6 Å². The Balaban J connectivity index is 2.18. The highest BCUT2D eigenvalue weighted by molar-refractivity contribution is 6.31. The molecule has 7 nitrogen and oxygen atoms in total. The van der Waals surface area contributed by atoms with Crippen molar-refractivity contribution in [3.05, 3.63) is 47.0 Å². The molecule has 2 aromatic carbocycles. The summed E-state index contributed by atoms with van der Waals surface area (Å²) in [7, 11) is 1.45. The van der Waals surface area contributed by atoms with Gasteiger partial charge in [0.15, 0.2) is 1.41 Å². The van der Waals surface area contributed by atoms with Crippen LogP contribution >= 0.6 is 11.6 Å².